The molecule has 1 aliphatic rings. The van der Waals surface area contributed by atoms with Crippen LogP contribution in [0.2, 0.25) is 0 Å². The second-order valence-electron chi connectivity index (χ2n) is 6.54. The fourth-order valence-electron chi connectivity index (χ4n) is 2.20. The van der Waals surface area contributed by atoms with Crippen LogP contribution in [0, 0.1) is 0 Å². The van der Waals surface area contributed by atoms with Gasteiger partial charge in [0.2, 0.25) is 0 Å². The van der Waals surface area contributed by atoms with Gasteiger partial charge in [-0.3, -0.25) is 4.79 Å². The van der Waals surface area contributed by atoms with Crippen molar-refractivity contribution in [1.29, 1.82) is 0 Å². The van der Waals surface area contributed by atoms with Crippen molar-refractivity contribution in [2.24, 2.45) is 0 Å². The average Bonchev–Trinajstić information content (AvgIpc) is 2.83. The summed E-state index contributed by atoms with van der Waals surface area (Å²) in [6.07, 6.45) is 0.566. The van der Waals surface area contributed by atoms with Gasteiger partial charge in [-0.05, 0) is 23.1 Å². The first-order valence-corrected chi connectivity index (χ1v) is 6.99. The Morgan fingerprint density at radius 1 is 1.35 bits per heavy atom. The lowest BCUT2D eigenvalue weighted by atomic mass is 9.86. The van der Waals surface area contributed by atoms with Crippen molar-refractivity contribution in [3.8, 4) is 0 Å². The molecule has 1 unspecified atom stereocenters. The first-order chi connectivity index (χ1) is 9.30. The van der Waals surface area contributed by atoms with E-state index < -0.39 is 5.60 Å². The van der Waals surface area contributed by atoms with Gasteiger partial charge in [-0.2, -0.15) is 0 Å². The van der Waals surface area contributed by atoms with Gasteiger partial charge in [0.25, 0.3) is 5.91 Å². The summed E-state index contributed by atoms with van der Waals surface area (Å²) in [5.41, 5.74) is 0.962. The average molecular weight is 277 g/mol. The maximum atomic E-state index is 12.0. The predicted molar refractivity (Wildman–Crippen MR) is 77.9 cm³/mol. The highest BCUT2D eigenvalue weighted by molar-refractivity contribution is 5.94. The Balaban J connectivity index is 1.96. The highest BCUT2D eigenvalue weighted by atomic mass is 16.5. The highest BCUT2D eigenvalue weighted by Gasteiger charge is 2.32. The van der Waals surface area contributed by atoms with E-state index in [0.717, 1.165) is 0 Å². The van der Waals surface area contributed by atoms with E-state index in [1.807, 2.05) is 24.3 Å². The van der Waals surface area contributed by atoms with Crippen molar-refractivity contribution in [2.75, 3.05) is 19.8 Å². The van der Waals surface area contributed by atoms with Crippen LogP contribution in [0.1, 0.15) is 43.1 Å². The molecular weight excluding hydrogens is 254 g/mol. The molecule has 2 N–H and O–H groups in total. The maximum absolute atomic E-state index is 12.0. The molecule has 0 spiro atoms. The standard InChI is InChI=1S/C16H23NO3/c1-15(2,3)13-6-4-12(5-7-13)14(18)17-10-16(19)8-9-20-11-16/h4-7,19H,8-11H2,1-3H3,(H,17,18). The molecule has 4 nitrogen and oxygen atoms in total. The number of carbonyl (C=O) groups is 1. The molecular formula is C16H23NO3. The number of aliphatic hydroxyl groups is 1. The molecule has 0 saturated carbocycles. The first-order valence-electron chi connectivity index (χ1n) is 6.99. The van der Waals surface area contributed by atoms with Gasteiger partial charge in [-0.25, -0.2) is 0 Å². The summed E-state index contributed by atoms with van der Waals surface area (Å²) < 4.78 is 5.15. The molecule has 0 aromatic heterocycles. The van der Waals surface area contributed by atoms with E-state index in [2.05, 4.69) is 26.1 Å². The van der Waals surface area contributed by atoms with Crippen LogP contribution in [0.5, 0.6) is 0 Å². The zero-order chi connectivity index (χ0) is 14.8. The zero-order valence-electron chi connectivity index (χ0n) is 12.4. The molecule has 20 heavy (non-hydrogen) atoms. The van der Waals surface area contributed by atoms with E-state index in [0.29, 0.717) is 18.6 Å². The molecule has 0 bridgehead atoms. The summed E-state index contributed by atoms with van der Waals surface area (Å²) in [6, 6.07) is 7.60. The van der Waals surface area contributed by atoms with Gasteiger partial charge in [0.15, 0.2) is 0 Å². The molecule has 1 aromatic carbocycles. The Morgan fingerprint density at radius 3 is 2.50 bits per heavy atom. The number of carbonyl (C=O) groups excluding carboxylic acids is 1. The summed E-state index contributed by atoms with van der Waals surface area (Å²) in [5.74, 6) is -0.161. The topological polar surface area (TPSA) is 58.6 Å². The Hall–Kier alpha value is -1.39. The van der Waals surface area contributed by atoms with Gasteiger partial charge < -0.3 is 15.2 Å². The monoisotopic (exact) mass is 277 g/mol. The molecule has 1 aliphatic heterocycles. The Bertz CT molecular complexity index is 467. The second kappa shape index (κ2) is 5.54. The van der Waals surface area contributed by atoms with Gasteiger partial charge in [0.1, 0.15) is 5.60 Å². The van der Waals surface area contributed by atoms with Crippen molar-refractivity contribution in [3.05, 3.63) is 35.4 Å². The van der Waals surface area contributed by atoms with E-state index in [9.17, 15) is 9.90 Å². The molecule has 1 amide bonds. The number of hydrogen-bond acceptors (Lipinski definition) is 3. The molecule has 1 aromatic rings. The fourth-order valence-corrected chi connectivity index (χ4v) is 2.20. The van der Waals surface area contributed by atoms with E-state index in [4.69, 9.17) is 4.74 Å². The molecule has 0 radical (unpaired) electrons. The van der Waals surface area contributed by atoms with Crippen molar-refractivity contribution in [2.45, 2.75) is 38.2 Å². The van der Waals surface area contributed by atoms with Crippen LogP contribution in [0.15, 0.2) is 24.3 Å². The quantitative estimate of drug-likeness (QED) is 0.886. The van der Waals surface area contributed by atoms with E-state index in [-0.39, 0.29) is 24.5 Å². The third-order valence-corrected chi connectivity index (χ3v) is 3.67. The van der Waals surface area contributed by atoms with Crippen LogP contribution in [-0.4, -0.2) is 36.4 Å². The lowest BCUT2D eigenvalue weighted by molar-refractivity contribution is 0.0264. The number of hydrogen-bond donors (Lipinski definition) is 2. The summed E-state index contributed by atoms with van der Waals surface area (Å²) >= 11 is 0. The molecule has 1 heterocycles. The van der Waals surface area contributed by atoms with E-state index in [1.54, 1.807) is 0 Å². The minimum atomic E-state index is -0.916. The van der Waals surface area contributed by atoms with Gasteiger partial charge in [-0.1, -0.05) is 32.9 Å². The molecule has 2 rings (SSSR count). The summed E-state index contributed by atoms with van der Waals surface area (Å²) in [4.78, 5) is 12.0. The third-order valence-electron chi connectivity index (χ3n) is 3.67. The van der Waals surface area contributed by atoms with Crippen molar-refractivity contribution < 1.29 is 14.6 Å². The van der Waals surface area contributed by atoms with Crippen LogP contribution < -0.4 is 5.32 Å². The molecule has 4 heteroatoms. The molecule has 1 fully saturated rings. The van der Waals surface area contributed by atoms with Gasteiger partial charge in [-0.15, -0.1) is 0 Å². The number of benzene rings is 1. The van der Waals surface area contributed by atoms with Gasteiger partial charge >= 0.3 is 0 Å². The summed E-state index contributed by atoms with van der Waals surface area (Å²) in [5, 5.41) is 12.9. The maximum Gasteiger partial charge on any atom is 0.251 e. The van der Waals surface area contributed by atoms with Crippen LogP contribution in [-0.2, 0) is 10.2 Å². The van der Waals surface area contributed by atoms with Crippen LogP contribution in [0.4, 0.5) is 0 Å². The van der Waals surface area contributed by atoms with E-state index >= 15 is 0 Å². The summed E-state index contributed by atoms with van der Waals surface area (Å²) in [6.45, 7) is 7.48. The zero-order valence-corrected chi connectivity index (χ0v) is 12.4. The fraction of sp³-hybridized carbons (Fsp3) is 0.562. The van der Waals surface area contributed by atoms with Crippen molar-refractivity contribution in [3.63, 3.8) is 0 Å². The van der Waals surface area contributed by atoms with Crippen LogP contribution >= 0.6 is 0 Å². The molecule has 1 saturated heterocycles. The van der Waals surface area contributed by atoms with Gasteiger partial charge in [0.05, 0.1) is 6.61 Å². The largest absolute Gasteiger partial charge is 0.386 e. The third kappa shape index (κ3) is 3.58. The minimum Gasteiger partial charge on any atom is -0.386 e. The number of amides is 1. The minimum absolute atomic E-state index is 0.0748. The van der Waals surface area contributed by atoms with Crippen molar-refractivity contribution >= 4 is 5.91 Å². The lowest BCUT2D eigenvalue weighted by Gasteiger charge is -2.21. The van der Waals surface area contributed by atoms with Gasteiger partial charge in [0, 0.05) is 25.1 Å². The predicted octanol–water partition coefficient (Wildman–Crippen LogP) is 1.87. The normalized spacial score (nSPS) is 22.8. The van der Waals surface area contributed by atoms with Crippen molar-refractivity contribution in [1.82, 2.24) is 5.32 Å². The number of ether oxygens (including phenoxy) is 1. The number of nitrogens with one attached hydrogen (secondary N) is 1. The molecule has 1 atom stereocenters. The van der Waals surface area contributed by atoms with E-state index in [1.165, 1.54) is 5.56 Å². The smallest absolute Gasteiger partial charge is 0.251 e. The SMILES string of the molecule is CC(C)(C)c1ccc(C(=O)NCC2(O)CCOC2)cc1. The highest BCUT2D eigenvalue weighted by Crippen LogP contribution is 2.22. The van der Waals surface area contributed by atoms with Crippen LogP contribution in [0.25, 0.3) is 0 Å². The lowest BCUT2D eigenvalue weighted by Crippen LogP contribution is -2.43. The Labute approximate surface area is 120 Å². The van der Waals surface area contributed by atoms with Crippen LogP contribution in [0.3, 0.4) is 0 Å². The molecule has 110 valence electrons. The first kappa shape index (κ1) is 15.0. The number of rotatable bonds is 3. The second-order valence-corrected chi connectivity index (χ2v) is 6.54. The summed E-state index contributed by atoms with van der Waals surface area (Å²) in [7, 11) is 0. The Kier molecular flexibility index (Phi) is 4.16. The Morgan fingerprint density at radius 2 is 2.00 bits per heavy atom. The molecule has 0 aliphatic carbocycles.